The molecule has 0 aromatic heterocycles. The third kappa shape index (κ3) is 4.01. The number of halogens is 1. The van der Waals surface area contributed by atoms with Gasteiger partial charge >= 0.3 is 0 Å². The average molecular weight is 463 g/mol. The van der Waals surface area contributed by atoms with Crippen LogP contribution < -0.4 is 15.0 Å². The van der Waals surface area contributed by atoms with E-state index in [0.717, 1.165) is 15.7 Å². The molecule has 0 fully saturated rings. The van der Waals surface area contributed by atoms with Crippen LogP contribution in [0.15, 0.2) is 62.5 Å². The Kier molecular flexibility index (Phi) is 5.42. The number of carbonyl (C=O) groups is 1. The van der Waals surface area contributed by atoms with Crippen LogP contribution >= 0.6 is 15.9 Å². The Balaban J connectivity index is 1.91. The lowest BCUT2D eigenvalue weighted by molar-refractivity contribution is -0.114. The zero-order valence-corrected chi connectivity index (χ0v) is 18.0. The number of benzene rings is 2. The third-order valence-corrected chi connectivity index (χ3v) is 5.80. The number of anilines is 2. The second-order valence-electron chi connectivity index (χ2n) is 6.50. The predicted molar refractivity (Wildman–Crippen MR) is 115 cm³/mol. The van der Waals surface area contributed by atoms with Crippen molar-refractivity contribution >= 4 is 55.0 Å². The van der Waals surface area contributed by atoms with Crippen molar-refractivity contribution in [2.24, 2.45) is 10.2 Å². The van der Waals surface area contributed by atoms with E-state index < -0.39 is 10.0 Å². The Morgan fingerprint density at radius 3 is 2.32 bits per heavy atom. The lowest BCUT2D eigenvalue weighted by Gasteiger charge is -2.15. The first-order valence-electron chi connectivity index (χ1n) is 8.29. The number of nitrogens with zero attached hydrogens (tertiary/aromatic N) is 3. The van der Waals surface area contributed by atoms with Gasteiger partial charge < -0.3 is 4.90 Å². The maximum Gasteiger partial charge on any atom is 0.280 e. The topological polar surface area (TPSA) is 96.1 Å². The van der Waals surface area contributed by atoms with E-state index in [0.29, 0.717) is 17.0 Å². The quantitative estimate of drug-likeness (QED) is 0.706. The molecule has 0 saturated heterocycles. The van der Waals surface area contributed by atoms with Gasteiger partial charge in [-0.3, -0.25) is 4.79 Å². The van der Waals surface area contributed by atoms with Gasteiger partial charge in [0.25, 0.3) is 5.91 Å². The van der Waals surface area contributed by atoms with Crippen LogP contribution in [-0.2, 0) is 14.8 Å². The monoisotopic (exact) mass is 462 g/mol. The molecule has 3 rings (SSSR count). The molecule has 1 aliphatic heterocycles. The highest BCUT2D eigenvalue weighted by molar-refractivity contribution is 9.10. The summed E-state index contributed by atoms with van der Waals surface area (Å²) in [7, 11) is 0.115. The van der Waals surface area contributed by atoms with Gasteiger partial charge in [0.2, 0.25) is 10.0 Å². The average Bonchev–Trinajstić information content (AvgIpc) is 2.89. The van der Waals surface area contributed by atoms with Crippen molar-refractivity contribution in [3.63, 3.8) is 0 Å². The minimum Gasteiger partial charge on any atom is -0.377 e. The summed E-state index contributed by atoms with van der Waals surface area (Å²) in [6.45, 7) is 1.76. The van der Waals surface area contributed by atoms with Gasteiger partial charge in [0.15, 0.2) is 0 Å². The number of hydrogen-bond donors (Lipinski definition) is 1. The minimum atomic E-state index is -3.79. The van der Waals surface area contributed by atoms with E-state index in [1.54, 1.807) is 13.0 Å². The molecular weight excluding hydrogens is 444 g/mol. The van der Waals surface area contributed by atoms with Gasteiger partial charge in [-0.25, -0.2) is 13.6 Å². The molecule has 1 amide bonds. The standard InChI is InChI=1S/C19H19BrN4O3S/c1-12-16(10-13-4-9-18(23(2)3)17(20)11-13)19(25)24(22-12)14-5-7-15(8-6-14)28(21,26)27/h4-11H,1-3H3,(H2,21,26,27)/b16-10+. The molecule has 0 radical (unpaired) electrons. The van der Waals surface area contributed by atoms with E-state index in [2.05, 4.69) is 21.0 Å². The molecule has 1 aliphatic rings. The van der Waals surface area contributed by atoms with Crippen LogP contribution in [0.2, 0.25) is 0 Å². The molecule has 0 aliphatic carbocycles. The van der Waals surface area contributed by atoms with Crippen LogP contribution in [-0.4, -0.2) is 34.1 Å². The number of nitrogens with two attached hydrogens (primary N) is 1. The molecule has 1 heterocycles. The summed E-state index contributed by atoms with van der Waals surface area (Å²) in [6, 6.07) is 11.5. The van der Waals surface area contributed by atoms with E-state index in [9.17, 15) is 13.2 Å². The van der Waals surface area contributed by atoms with E-state index in [-0.39, 0.29) is 10.8 Å². The Morgan fingerprint density at radius 2 is 1.79 bits per heavy atom. The van der Waals surface area contributed by atoms with E-state index >= 15 is 0 Å². The Bertz CT molecular complexity index is 1110. The van der Waals surface area contributed by atoms with Crippen molar-refractivity contribution in [1.82, 2.24) is 0 Å². The van der Waals surface area contributed by atoms with Crippen molar-refractivity contribution < 1.29 is 13.2 Å². The lowest BCUT2D eigenvalue weighted by Crippen LogP contribution is -2.21. The van der Waals surface area contributed by atoms with Crippen LogP contribution in [0.5, 0.6) is 0 Å². The normalized spacial score (nSPS) is 15.9. The maximum absolute atomic E-state index is 12.8. The van der Waals surface area contributed by atoms with E-state index in [1.165, 1.54) is 29.3 Å². The van der Waals surface area contributed by atoms with Crippen molar-refractivity contribution in [3.8, 4) is 0 Å². The Hall–Kier alpha value is -2.49. The number of amides is 1. The molecule has 0 bridgehead atoms. The smallest absolute Gasteiger partial charge is 0.280 e. The number of sulfonamides is 1. The van der Waals surface area contributed by atoms with Gasteiger partial charge in [-0.15, -0.1) is 0 Å². The molecule has 0 saturated carbocycles. The number of hydrogen-bond acceptors (Lipinski definition) is 5. The molecule has 0 atom stereocenters. The maximum atomic E-state index is 12.8. The first-order valence-corrected chi connectivity index (χ1v) is 10.6. The van der Waals surface area contributed by atoms with Crippen LogP contribution in [0.25, 0.3) is 6.08 Å². The van der Waals surface area contributed by atoms with E-state index in [1.807, 2.05) is 37.2 Å². The summed E-state index contributed by atoms with van der Waals surface area (Å²) in [4.78, 5) is 14.8. The van der Waals surface area contributed by atoms with Crippen molar-refractivity contribution in [3.05, 3.63) is 58.1 Å². The zero-order valence-electron chi connectivity index (χ0n) is 15.5. The van der Waals surface area contributed by atoms with Gasteiger partial charge in [-0.2, -0.15) is 10.1 Å². The lowest BCUT2D eigenvalue weighted by atomic mass is 10.1. The molecule has 0 spiro atoms. The molecule has 146 valence electrons. The molecule has 0 unspecified atom stereocenters. The van der Waals surface area contributed by atoms with Crippen molar-refractivity contribution in [2.75, 3.05) is 24.0 Å². The second-order valence-corrected chi connectivity index (χ2v) is 8.92. The summed E-state index contributed by atoms with van der Waals surface area (Å²) < 4.78 is 23.7. The van der Waals surface area contributed by atoms with Crippen LogP contribution in [0, 0.1) is 0 Å². The van der Waals surface area contributed by atoms with E-state index in [4.69, 9.17) is 5.14 Å². The number of carbonyl (C=O) groups excluding carboxylic acids is 1. The Labute approximate surface area is 172 Å². The first-order chi connectivity index (χ1) is 13.1. The van der Waals surface area contributed by atoms with Crippen molar-refractivity contribution in [2.45, 2.75) is 11.8 Å². The van der Waals surface area contributed by atoms with Crippen molar-refractivity contribution in [1.29, 1.82) is 0 Å². The highest BCUT2D eigenvalue weighted by Gasteiger charge is 2.29. The van der Waals surface area contributed by atoms with Gasteiger partial charge in [0, 0.05) is 18.6 Å². The number of hydrazone groups is 1. The number of rotatable bonds is 4. The SMILES string of the molecule is CC1=NN(c2ccc(S(N)(=O)=O)cc2)C(=O)/C1=C/c1ccc(N(C)C)c(Br)c1. The highest BCUT2D eigenvalue weighted by atomic mass is 79.9. The molecule has 9 heteroatoms. The molecule has 2 N–H and O–H groups in total. The molecule has 2 aromatic rings. The molecule has 7 nitrogen and oxygen atoms in total. The highest BCUT2D eigenvalue weighted by Crippen LogP contribution is 2.29. The third-order valence-electron chi connectivity index (χ3n) is 4.24. The summed E-state index contributed by atoms with van der Waals surface area (Å²) >= 11 is 3.54. The van der Waals surface area contributed by atoms with Crippen LogP contribution in [0.4, 0.5) is 11.4 Å². The fraction of sp³-hybridized carbons (Fsp3) is 0.158. The fourth-order valence-electron chi connectivity index (χ4n) is 2.78. The molecule has 2 aromatic carbocycles. The van der Waals surface area contributed by atoms with Gasteiger partial charge in [-0.1, -0.05) is 6.07 Å². The minimum absolute atomic E-state index is 0.0230. The molecule has 28 heavy (non-hydrogen) atoms. The summed E-state index contributed by atoms with van der Waals surface area (Å²) in [5.74, 6) is -0.284. The predicted octanol–water partition coefficient (Wildman–Crippen LogP) is 2.97. The van der Waals surface area contributed by atoms with Gasteiger partial charge in [-0.05, 0) is 70.9 Å². The van der Waals surface area contributed by atoms with Gasteiger partial charge in [0.1, 0.15) is 0 Å². The molecular formula is C19H19BrN4O3S. The zero-order chi connectivity index (χ0) is 20.6. The summed E-state index contributed by atoms with van der Waals surface area (Å²) in [6.07, 6.45) is 1.78. The van der Waals surface area contributed by atoms with Gasteiger partial charge in [0.05, 0.1) is 27.6 Å². The second kappa shape index (κ2) is 7.50. The summed E-state index contributed by atoms with van der Waals surface area (Å²) in [5.41, 5.74) is 3.40. The first kappa shape index (κ1) is 20.2. The largest absolute Gasteiger partial charge is 0.377 e. The van der Waals surface area contributed by atoms with Crippen LogP contribution in [0.3, 0.4) is 0 Å². The number of primary sulfonamides is 1. The fourth-order valence-corrected chi connectivity index (χ4v) is 4.05. The summed E-state index contributed by atoms with van der Waals surface area (Å²) in [5, 5.41) is 10.7. The Morgan fingerprint density at radius 1 is 1.14 bits per heavy atom. The van der Waals surface area contributed by atoms with Crippen LogP contribution in [0.1, 0.15) is 12.5 Å².